The fourth-order valence-corrected chi connectivity index (χ4v) is 1.93. The Labute approximate surface area is 105 Å². The van der Waals surface area contributed by atoms with Gasteiger partial charge in [0.1, 0.15) is 12.1 Å². The minimum absolute atomic E-state index is 0.00747. The Kier molecular flexibility index (Phi) is 3.28. The second-order valence-corrected chi connectivity index (χ2v) is 3.89. The molecule has 8 heteroatoms. The van der Waals surface area contributed by atoms with Crippen molar-refractivity contribution in [1.29, 1.82) is 0 Å². The molecule has 0 spiro atoms. The number of aromatic amines is 1. The summed E-state index contributed by atoms with van der Waals surface area (Å²) in [5, 5.41) is 0. The second kappa shape index (κ2) is 4.73. The molecule has 96 valence electrons. The van der Waals surface area contributed by atoms with Crippen LogP contribution in [0, 0.1) is 16.4 Å². The Morgan fingerprint density at radius 3 is 2.89 bits per heavy atom. The number of benzene rings is 1. The number of hydrogen-bond donors (Lipinski definition) is 2. The lowest BCUT2D eigenvalue weighted by Gasteiger charge is -2.05. The molecule has 0 atom stereocenters. The number of imidazole rings is 1. The number of H-pyrrole nitrogens is 1. The quantitative estimate of drug-likeness (QED) is 0.841. The lowest BCUT2D eigenvalue weighted by atomic mass is 10.3. The van der Waals surface area contributed by atoms with Gasteiger partial charge in [-0.15, -0.1) is 0 Å². The lowest BCUT2D eigenvalue weighted by Crippen LogP contribution is -2.17. The highest BCUT2D eigenvalue weighted by molar-refractivity contribution is 7.71. The Hall–Kier alpha value is -1.96. The van der Waals surface area contributed by atoms with Crippen molar-refractivity contribution < 1.29 is 18.3 Å². The number of carbonyl (C=O) groups is 1. The number of primary amides is 1. The molecule has 3 N–H and O–H groups in total. The molecule has 18 heavy (non-hydrogen) atoms. The molecular weight excluding hydrogens is 264 g/mol. The van der Waals surface area contributed by atoms with Gasteiger partial charge < -0.3 is 20.0 Å². The Morgan fingerprint density at radius 2 is 2.22 bits per heavy atom. The van der Waals surface area contributed by atoms with Gasteiger partial charge in [-0.25, -0.2) is 13.6 Å². The number of amides is 1. The van der Waals surface area contributed by atoms with Gasteiger partial charge in [-0.1, -0.05) is 0 Å². The van der Waals surface area contributed by atoms with Gasteiger partial charge in [-0.05, 0) is 24.4 Å². The molecule has 0 aliphatic carbocycles. The van der Waals surface area contributed by atoms with Crippen LogP contribution in [0.5, 0.6) is 0 Å². The van der Waals surface area contributed by atoms with E-state index in [0.29, 0.717) is 5.52 Å². The summed E-state index contributed by atoms with van der Waals surface area (Å²) in [7, 11) is 0. The minimum Gasteiger partial charge on any atom is -0.448 e. The zero-order valence-electron chi connectivity index (χ0n) is 9.07. The van der Waals surface area contributed by atoms with Gasteiger partial charge in [0, 0.05) is 0 Å². The first-order valence-corrected chi connectivity index (χ1v) is 5.40. The second-order valence-electron chi connectivity index (χ2n) is 3.51. The Balaban J connectivity index is 2.43. The van der Waals surface area contributed by atoms with Crippen LogP contribution in [0.3, 0.4) is 0 Å². The Morgan fingerprint density at radius 1 is 1.50 bits per heavy atom. The number of hydrogen-bond acceptors (Lipinski definition) is 3. The molecule has 2 aromatic rings. The monoisotopic (exact) mass is 273 g/mol. The van der Waals surface area contributed by atoms with Crippen molar-refractivity contribution in [3.05, 3.63) is 28.5 Å². The van der Waals surface area contributed by atoms with Crippen LogP contribution in [-0.2, 0) is 11.3 Å². The van der Waals surface area contributed by atoms with Crippen molar-refractivity contribution in [2.24, 2.45) is 5.73 Å². The molecule has 0 saturated carbocycles. The first kappa shape index (κ1) is 12.5. The zero-order valence-corrected chi connectivity index (χ0v) is 9.89. The van der Waals surface area contributed by atoms with E-state index in [4.69, 9.17) is 18.0 Å². The number of nitrogens with one attached hydrogen (secondary N) is 1. The predicted octanol–water partition coefficient (Wildman–Crippen LogP) is 2.07. The van der Waals surface area contributed by atoms with Gasteiger partial charge in [0.15, 0.2) is 16.4 Å². The molecule has 0 aliphatic rings. The normalized spacial score (nSPS) is 10.8. The number of nitrogens with zero attached hydrogens (tertiary/aromatic N) is 1. The number of carbonyl (C=O) groups excluding carboxylic acids is 1. The van der Waals surface area contributed by atoms with Crippen LogP contribution < -0.4 is 5.73 Å². The predicted molar refractivity (Wildman–Crippen MR) is 62.6 cm³/mol. The summed E-state index contributed by atoms with van der Waals surface area (Å²) >= 11 is 4.98. The van der Waals surface area contributed by atoms with E-state index in [2.05, 4.69) is 9.72 Å². The maximum Gasteiger partial charge on any atom is 0.404 e. The minimum atomic E-state index is -1.00. The first-order chi connectivity index (χ1) is 8.50. The molecule has 1 aromatic carbocycles. The number of halogens is 2. The Bertz CT molecular complexity index is 665. The van der Waals surface area contributed by atoms with Crippen LogP contribution in [0.4, 0.5) is 13.6 Å². The van der Waals surface area contributed by atoms with Gasteiger partial charge in [0.25, 0.3) is 0 Å². The van der Waals surface area contributed by atoms with Gasteiger partial charge in [-0.3, -0.25) is 0 Å². The molecule has 0 unspecified atom stereocenters. The number of ether oxygens (including phenoxy) is 1. The third-order valence-corrected chi connectivity index (χ3v) is 2.71. The summed E-state index contributed by atoms with van der Waals surface area (Å²) in [6.07, 6.45) is -0.937. The molecule has 2 rings (SSSR count). The summed E-state index contributed by atoms with van der Waals surface area (Å²) in [4.78, 5) is 13.2. The topological polar surface area (TPSA) is 73.0 Å². The van der Waals surface area contributed by atoms with Gasteiger partial charge in [0.05, 0.1) is 12.1 Å². The average Bonchev–Trinajstić information content (AvgIpc) is 2.61. The zero-order chi connectivity index (χ0) is 13.3. The highest BCUT2D eigenvalue weighted by atomic mass is 32.1. The third kappa shape index (κ3) is 2.19. The maximum absolute atomic E-state index is 13.7. The van der Waals surface area contributed by atoms with E-state index in [9.17, 15) is 13.6 Å². The van der Waals surface area contributed by atoms with Crippen LogP contribution in [0.25, 0.3) is 11.0 Å². The molecule has 0 bridgehead atoms. The van der Waals surface area contributed by atoms with E-state index in [1.54, 1.807) is 0 Å². The molecule has 0 aliphatic heterocycles. The van der Waals surface area contributed by atoms with E-state index in [1.165, 1.54) is 10.6 Å². The van der Waals surface area contributed by atoms with E-state index in [0.717, 1.165) is 6.07 Å². The molecule has 1 amide bonds. The van der Waals surface area contributed by atoms with Gasteiger partial charge >= 0.3 is 6.09 Å². The van der Waals surface area contributed by atoms with E-state index in [-0.39, 0.29) is 23.4 Å². The van der Waals surface area contributed by atoms with Crippen LogP contribution in [0.1, 0.15) is 0 Å². The third-order valence-electron chi connectivity index (χ3n) is 2.38. The standard InChI is InChI=1S/C10H9F2N3O2S/c11-5-1-2-6-8(7(5)12)15(10(18)14-6)3-4-17-9(13)16/h1-2H,3-4H2,(H2,13,16)(H,14,18). The van der Waals surface area contributed by atoms with E-state index < -0.39 is 17.7 Å². The van der Waals surface area contributed by atoms with Crippen molar-refractivity contribution in [1.82, 2.24) is 9.55 Å². The summed E-state index contributed by atoms with van der Waals surface area (Å²) in [6, 6.07) is 2.39. The average molecular weight is 273 g/mol. The maximum atomic E-state index is 13.7. The number of nitrogens with two attached hydrogens (primary N) is 1. The first-order valence-electron chi connectivity index (χ1n) is 4.99. The van der Waals surface area contributed by atoms with Crippen LogP contribution in [0.15, 0.2) is 12.1 Å². The fraction of sp³-hybridized carbons (Fsp3) is 0.200. The van der Waals surface area contributed by atoms with Crippen LogP contribution in [0.2, 0.25) is 0 Å². The molecule has 5 nitrogen and oxygen atoms in total. The molecule has 0 saturated heterocycles. The van der Waals surface area contributed by atoms with Gasteiger partial charge in [0.2, 0.25) is 0 Å². The number of rotatable bonds is 3. The molecular formula is C10H9F2N3O2S. The van der Waals surface area contributed by atoms with Gasteiger partial charge in [-0.2, -0.15) is 0 Å². The molecule has 0 radical (unpaired) electrons. The van der Waals surface area contributed by atoms with Crippen molar-refractivity contribution in [2.45, 2.75) is 6.54 Å². The SMILES string of the molecule is NC(=O)OCCn1c(=S)[nH]c2ccc(F)c(F)c21. The van der Waals surface area contributed by atoms with E-state index >= 15 is 0 Å². The highest BCUT2D eigenvalue weighted by Crippen LogP contribution is 2.20. The number of fused-ring (bicyclic) bond motifs is 1. The van der Waals surface area contributed by atoms with Crippen molar-refractivity contribution in [3.63, 3.8) is 0 Å². The van der Waals surface area contributed by atoms with Crippen molar-refractivity contribution in [2.75, 3.05) is 6.61 Å². The number of aromatic nitrogens is 2. The smallest absolute Gasteiger partial charge is 0.404 e. The van der Waals surface area contributed by atoms with Crippen molar-refractivity contribution >= 4 is 29.3 Å². The summed E-state index contributed by atoms with van der Waals surface area (Å²) < 4.78 is 32.9. The van der Waals surface area contributed by atoms with E-state index in [1.807, 2.05) is 0 Å². The lowest BCUT2D eigenvalue weighted by molar-refractivity contribution is 0.152. The highest BCUT2D eigenvalue weighted by Gasteiger charge is 2.13. The fourth-order valence-electron chi connectivity index (χ4n) is 1.64. The summed E-state index contributed by atoms with van der Waals surface area (Å²) in [5.41, 5.74) is 5.18. The summed E-state index contributed by atoms with van der Waals surface area (Å²) in [5.74, 6) is -1.97. The van der Waals surface area contributed by atoms with Crippen LogP contribution >= 0.6 is 12.2 Å². The largest absolute Gasteiger partial charge is 0.448 e. The molecule has 1 aromatic heterocycles. The summed E-state index contributed by atoms with van der Waals surface area (Å²) in [6.45, 7) is 0.00862. The molecule has 0 fully saturated rings. The molecule has 1 heterocycles. The van der Waals surface area contributed by atoms with Crippen LogP contribution in [-0.4, -0.2) is 22.3 Å². The van der Waals surface area contributed by atoms with Crippen molar-refractivity contribution in [3.8, 4) is 0 Å².